The number of aldehydes is 1. The molecule has 3 atom stereocenters. The Bertz CT molecular complexity index is 633. The Morgan fingerprint density at radius 2 is 2.04 bits per heavy atom. The van der Waals surface area contributed by atoms with E-state index in [1.165, 1.54) is 4.90 Å². The molecule has 1 fully saturated rings. The number of ether oxygens (including phenoxy) is 2. The first-order chi connectivity index (χ1) is 11.9. The number of hydrogen-bond donors (Lipinski definition) is 2. The third-order valence-corrected chi connectivity index (χ3v) is 6.18. The molecule has 0 spiro atoms. The summed E-state index contributed by atoms with van der Waals surface area (Å²) in [6.07, 6.45) is 0.386. The first kappa shape index (κ1) is 20.3. The van der Waals surface area contributed by atoms with Crippen LogP contribution in [-0.4, -0.2) is 73.1 Å². The number of carboxylic acid groups (broad SMARTS) is 1. The van der Waals surface area contributed by atoms with Gasteiger partial charge in [-0.25, -0.2) is 4.79 Å². The average Bonchev–Trinajstić information content (AvgIpc) is 2.58. The molecule has 0 bridgehead atoms. The molecule has 2 heterocycles. The van der Waals surface area contributed by atoms with Crippen molar-refractivity contribution in [1.29, 1.82) is 0 Å². The van der Waals surface area contributed by atoms with Gasteiger partial charge in [0, 0.05) is 18.8 Å². The number of carbonyl (C=O) groups is 3. The number of rotatable bonds is 8. The van der Waals surface area contributed by atoms with Gasteiger partial charge in [-0.2, -0.15) is 0 Å². The Kier molecular flexibility index (Phi) is 6.56. The molecule has 0 aromatic rings. The van der Waals surface area contributed by atoms with Crippen molar-refractivity contribution < 1.29 is 33.2 Å². The van der Waals surface area contributed by atoms with Crippen molar-refractivity contribution >= 4 is 51.6 Å². The zero-order valence-electron chi connectivity index (χ0n) is 13.7. The molecule has 1 saturated heterocycles. The summed E-state index contributed by atoms with van der Waals surface area (Å²) in [6, 6.07) is -0.821. The highest BCUT2D eigenvalue weighted by atomic mass is 127. The van der Waals surface area contributed by atoms with Crippen molar-refractivity contribution in [1.82, 2.24) is 10.2 Å². The molecule has 1 amide bonds. The maximum atomic E-state index is 12.6. The van der Waals surface area contributed by atoms with Gasteiger partial charge in [0.25, 0.3) is 5.91 Å². The predicted molar refractivity (Wildman–Crippen MR) is 96.2 cm³/mol. The van der Waals surface area contributed by atoms with Gasteiger partial charge in [0.1, 0.15) is 23.4 Å². The summed E-state index contributed by atoms with van der Waals surface area (Å²) >= 11 is 1.89. The third kappa shape index (κ3) is 3.34. The minimum atomic E-state index is -1.62. The standard InChI is InChI=1S/C14H19IN2O7S/c1-3-23-14(24-4-2)11(16-9(19)5-15)12-17(14)10(13(20)21)8(6-18)7-25(12)22/h6,11-12H,3-5,7H2,1-2H3,(H,16,19)(H,20,21)/t11?,12-,25?/m1/s1. The summed E-state index contributed by atoms with van der Waals surface area (Å²) in [5.74, 6) is -3.47. The van der Waals surface area contributed by atoms with E-state index in [9.17, 15) is 23.7 Å². The van der Waals surface area contributed by atoms with Crippen LogP contribution in [0.5, 0.6) is 0 Å². The van der Waals surface area contributed by atoms with Crippen molar-refractivity contribution in [3.8, 4) is 0 Å². The first-order valence-electron chi connectivity index (χ1n) is 7.59. The van der Waals surface area contributed by atoms with Gasteiger partial charge in [-0.15, -0.1) is 0 Å². The van der Waals surface area contributed by atoms with Gasteiger partial charge < -0.3 is 19.9 Å². The number of nitrogens with one attached hydrogen (secondary N) is 1. The Balaban J connectivity index is 2.57. The number of fused-ring (bicyclic) bond motifs is 1. The van der Waals surface area contributed by atoms with Gasteiger partial charge in [-0.3, -0.25) is 18.7 Å². The van der Waals surface area contributed by atoms with E-state index in [-0.39, 0.29) is 40.6 Å². The second-order valence-corrected chi connectivity index (χ2v) is 7.55. The smallest absolute Gasteiger partial charge is 0.352 e. The fourth-order valence-electron chi connectivity index (χ4n) is 3.07. The largest absolute Gasteiger partial charge is 0.477 e. The molecule has 0 aromatic carbocycles. The molecule has 0 aliphatic carbocycles. The molecule has 25 heavy (non-hydrogen) atoms. The van der Waals surface area contributed by atoms with Gasteiger partial charge in [-0.1, -0.05) is 22.6 Å². The number of hydrogen-bond acceptors (Lipinski definition) is 7. The van der Waals surface area contributed by atoms with Crippen molar-refractivity contribution in [3.05, 3.63) is 11.3 Å². The Labute approximate surface area is 160 Å². The maximum Gasteiger partial charge on any atom is 0.352 e. The van der Waals surface area contributed by atoms with Crippen LogP contribution < -0.4 is 5.32 Å². The van der Waals surface area contributed by atoms with Crippen LogP contribution in [0, 0.1) is 0 Å². The highest BCUT2D eigenvalue weighted by molar-refractivity contribution is 14.1. The van der Waals surface area contributed by atoms with E-state index < -0.39 is 34.1 Å². The summed E-state index contributed by atoms with van der Waals surface area (Å²) < 4.78 is 24.1. The lowest BCUT2D eigenvalue weighted by Crippen LogP contribution is -2.84. The Hall–Kier alpha value is -1.05. The molecule has 2 aliphatic heterocycles. The number of carboxylic acids is 1. The van der Waals surface area contributed by atoms with Gasteiger partial charge >= 0.3 is 5.97 Å². The topological polar surface area (TPSA) is 122 Å². The molecule has 2 aliphatic rings. The molecule has 140 valence electrons. The summed E-state index contributed by atoms with van der Waals surface area (Å²) in [4.78, 5) is 36.1. The Morgan fingerprint density at radius 1 is 1.44 bits per heavy atom. The number of aliphatic carboxylic acids is 1. The zero-order valence-corrected chi connectivity index (χ0v) is 16.7. The minimum Gasteiger partial charge on any atom is -0.477 e. The lowest BCUT2D eigenvalue weighted by Gasteiger charge is -2.62. The Morgan fingerprint density at radius 3 is 2.48 bits per heavy atom. The number of alkyl halides is 1. The van der Waals surface area contributed by atoms with Gasteiger partial charge in [0.15, 0.2) is 0 Å². The first-order valence-corrected chi connectivity index (χ1v) is 10.5. The molecule has 2 rings (SSSR count). The van der Waals surface area contributed by atoms with Crippen LogP contribution in [0.15, 0.2) is 11.3 Å². The number of nitrogens with zero attached hydrogens (tertiary/aromatic N) is 1. The van der Waals surface area contributed by atoms with Gasteiger partial charge in [-0.05, 0) is 13.8 Å². The van der Waals surface area contributed by atoms with E-state index in [4.69, 9.17) is 9.47 Å². The number of halogens is 1. The minimum absolute atomic E-state index is 0.0930. The van der Waals surface area contributed by atoms with E-state index >= 15 is 0 Å². The molecule has 0 aromatic heterocycles. The molecular weight excluding hydrogens is 467 g/mol. The van der Waals surface area contributed by atoms with E-state index in [0.717, 1.165) is 0 Å². The lowest BCUT2D eigenvalue weighted by atomic mass is 9.97. The molecule has 0 saturated carbocycles. The van der Waals surface area contributed by atoms with Crippen molar-refractivity contribution in [3.63, 3.8) is 0 Å². The van der Waals surface area contributed by atoms with Crippen molar-refractivity contribution in [2.24, 2.45) is 0 Å². The SMILES string of the molecule is CCOC1(OCC)C(NC(=O)CI)[C@@H]2N1C(C(=O)O)=C(C=O)CS2=O. The summed E-state index contributed by atoms with van der Waals surface area (Å²) in [6.45, 7) is 3.71. The fraction of sp³-hybridized carbons (Fsp3) is 0.643. The average molecular weight is 486 g/mol. The van der Waals surface area contributed by atoms with Gasteiger partial charge in [0.05, 0.1) is 21.0 Å². The number of amides is 1. The monoisotopic (exact) mass is 486 g/mol. The highest BCUT2D eigenvalue weighted by Gasteiger charge is 2.69. The van der Waals surface area contributed by atoms with Crippen molar-refractivity contribution in [2.75, 3.05) is 23.4 Å². The molecular formula is C14H19IN2O7S. The summed E-state index contributed by atoms with van der Waals surface area (Å²) in [5.41, 5.74) is -0.397. The van der Waals surface area contributed by atoms with Crippen LogP contribution in [0.1, 0.15) is 13.8 Å². The fourth-order valence-corrected chi connectivity index (χ4v) is 5.00. The van der Waals surface area contributed by atoms with Crippen LogP contribution in [-0.2, 0) is 34.7 Å². The van der Waals surface area contributed by atoms with Crippen LogP contribution in [0.25, 0.3) is 0 Å². The zero-order chi connectivity index (χ0) is 18.8. The normalized spacial score (nSPS) is 27.3. The van der Waals surface area contributed by atoms with Crippen LogP contribution in [0.4, 0.5) is 0 Å². The molecule has 11 heteroatoms. The lowest BCUT2D eigenvalue weighted by molar-refractivity contribution is -0.373. The molecule has 2 unspecified atom stereocenters. The summed E-state index contributed by atoms with van der Waals surface area (Å²) in [5, 5.41) is 11.4. The van der Waals surface area contributed by atoms with Crippen LogP contribution in [0.3, 0.4) is 0 Å². The highest BCUT2D eigenvalue weighted by Crippen LogP contribution is 2.47. The van der Waals surface area contributed by atoms with E-state index in [0.29, 0.717) is 6.29 Å². The number of carbonyl (C=O) groups excluding carboxylic acids is 2. The van der Waals surface area contributed by atoms with E-state index in [1.54, 1.807) is 13.8 Å². The van der Waals surface area contributed by atoms with Crippen LogP contribution in [0.2, 0.25) is 0 Å². The second kappa shape index (κ2) is 8.10. The second-order valence-electron chi connectivity index (χ2n) is 5.26. The van der Waals surface area contributed by atoms with E-state index in [1.807, 2.05) is 22.6 Å². The molecule has 2 N–H and O–H groups in total. The van der Waals surface area contributed by atoms with Gasteiger partial charge in [0.2, 0.25) is 5.91 Å². The molecule has 0 radical (unpaired) electrons. The quantitative estimate of drug-likeness (QED) is 0.205. The van der Waals surface area contributed by atoms with E-state index in [2.05, 4.69) is 5.32 Å². The maximum absolute atomic E-state index is 12.6. The summed E-state index contributed by atoms with van der Waals surface area (Å²) in [7, 11) is -1.60. The van der Waals surface area contributed by atoms with Crippen LogP contribution >= 0.6 is 22.6 Å². The third-order valence-electron chi connectivity index (χ3n) is 3.87. The van der Waals surface area contributed by atoms with Crippen molar-refractivity contribution in [2.45, 2.75) is 31.2 Å². The predicted octanol–water partition coefficient (Wildman–Crippen LogP) is -0.425. The molecule has 9 nitrogen and oxygen atoms in total.